The zero-order chi connectivity index (χ0) is 24.7. The number of anilines is 1. The molecule has 2 aromatic rings. The van der Waals surface area contributed by atoms with E-state index in [0.717, 1.165) is 56.1 Å². The number of nitrogens with one attached hydrogen (secondary N) is 2. The topological polar surface area (TPSA) is 77.7 Å². The highest BCUT2D eigenvalue weighted by Gasteiger charge is 2.20. The fraction of sp³-hybridized carbons (Fsp3) is 0.556. The lowest BCUT2D eigenvalue weighted by atomic mass is 10.1. The molecule has 0 radical (unpaired) electrons. The van der Waals surface area contributed by atoms with Gasteiger partial charge in [-0.2, -0.15) is 0 Å². The van der Waals surface area contributed by atoms with E-state index in [1.165, 1.54) is 16.8 Å². The zero-order valence-electron chi connectivity index (χ0n) is 21.4. The molecule has 0 aliphatic carbocycles. The quantitative estimate of drug-likeness (QED) is 0.411. The van der Waals surface area contributed by atoms with Crippen molar-refractivity contribution in [2.75, 3.05) is 50.8 Å². The third kappa shape index (κ3) is 6.63. The van der Waals surface area contributed by atoms with Crippen LogP contribution in [-0.4, -0.2) is 67.6 Å². The van der Waals surface area contributed by atoms with Crippen molar-refractivity contribution in [2.24, 2.45) is 0 Å². The number of benzene rings is 1. The summed E-state index contributed by atoms with van der Waals surface area (Å²) >= 11 is 0. The molecule has 1 aromatic carbocycles. The van der Waals surface area contributed by atoms with E-state index in [1.807, 2.05) is 13.8 Å². The monoisotopic (exact) mass is 468 g/mol. The summed E-state index contributed by atoms with van der Waals surface area (Å²) in [6.45, 7) is 16.1. The van der Waals surface area contributed by atoms with E-state index in [9.17, 15) is 9.59 Å². The molecule has 1 aromatic heterocycles. The Hall–Kier alpha value is -2.80. The molecule has 0 bridgehead atoms. The number of aryl methyl sites for hydroxylation is 4. The van der Waals surface area contributed by atoms with Gasteiger partial charge in [-0.3, -0.25) is 9.69 Å². The molecule has 1 fully saturated rings. The van der Waals surface area contributed by atoms with Crippen molar-refractivity contribution in [1.82, 2.24) is 15.2 Å². The van der Waals surface area contributed by atoms with E-state index in [0.29, 0.717) is 31.6 Å². The van der Waals surface area contributed by atoms with Crippen molar-refractivity contribution in [3.8, 4) is 0 Å². The number of rotatable bonds is 10. The van der Waals surface area contributed by atoms with Crippen molar-refractivity contribution >= 4 is 17.6 Å². The number of hydrogen-bond donors (Lipinski definition) is 2. The van der Waals surface area contributed by atoms with Crippen LogP contribution in [0.15, 0.2) is 18.2 Å². The van der Waals surface area contributed by atoms with Crippen LogP contribution in [-0.2, 0) is 16.0 Å². The maximum atomic E-state index is 12.3. The summed E-state index contributed by atoms with van der Waals surface area (Å²) in [7, 11) is 0. The number of ether oxygens (including phenoxy) is 1. The lowest BCUT2D eigenvalue weighted by Gasteiger charge is -2.37. The van der Waals surface area contributed by atoms with Crippen LogP contribution < -0.4 is 10.2 Å². The first-order valence-electron chi connectivity index (χ1n) is 12.5. The number of piperazine rings is 1. The van der Waals surface area contributed by atoms with Gasteiger partial charge in [0.15, 0.2) is 0 Å². The zero-order valence-corrected chi connectivity index (χ0v) is 21.4. The molecule has 1 saturated heterocycles. The van der Waals surface area contributed by atoms with Crippen LogP contribution in [0, 0.1) is 27.7 Å². The molecule has 186 valence electrons. The van der Waals surface area contributed by atoms with E-state index in [2.05, 4.69) is 52.1 Å². The molecule has 1 amide bonds. The van der Waals surface area contributed by atoms with Gasteiger partial charge in [-0.15, -0.1) is 0 Å². The van der Waals surface area contributed by atoms with Gasteiger partial charge >= 0.3 is 5.97 Å². The molecule has 0 saturated carbocycles. The number of esters is 1. The summed E-state index contributed by atoms with van der Waals surface area (Å²) in [6, 6.07) is 6.66. The first kappa shape index (κ1) is 25.8. The standard InChI is InChI=1S/C27H40N4O3/c1-6-34-27(33)26-21(4)23(29-22(26)5)10-11-25(32)28-12-7-13-30-14-16-31(17-15-30)24-18-19(2)8-9-20(24)3/h8-9,18,29H,6-7,10-17H2,1-5H3,(H,28,32). The second kappa shape index (κ2) is 12.1. The minimum Gasteiger partial charge on any atom is -0.462 e. The summed E-state index contributed by atoms with van der Waals surface area (Å²) in [4.78, 5) is 32.7. The van der Waals surface area contributed by atoms with Crippen molar-refractivity contribution in [3.05, 3.63) is 51.8 Å². The lowest BCUT2D eigenvalue weighted by molar-refractivity contribution is -0.121. The molecule has 34 heavy (non-hydrogen) atoms. The van der Waals surface area contributed by atoms with Gasteiger partial charge < -0.3 is 19.9 Å². The largest absolute Gasteiger partial charge is 0.462 e. The van der Waals surface area contributed by atoms with Gasteiger partial charge in [-0.25, -0.2) is 4.79 Å². The Bertz CT molecular complexity index is 990. The number of H-pyrrole nitrogens is 1. The molecule has 0 atom stereocenters. The van der Waals surface area contributed by atoms with Gasteiger partial charge in [0.25, 0.3) is 0 Å². The average Bonchev–Trinajstić information content (AvgIpc) is 3.10. The van der Waals surface area contributed by atoms with Crippen LogP contribution in [0.2, 0.25) is 0 Å². The summed E-state index contributed by atoms with van der Waals surface area (Å²) < 4.78 is 5.14. The van der Waals surface area contributed by atoms with E-state index >= 15 is 0 Å². The fourth-order valence-electron chi connectivity index (χ4n) is 4.70. The van der Waals surface area contributed by atoms with Gasteiger partial charge in [0.2, 0.25) is 5.91 Å². The van der Waals surface area contributed by atoms with Gasteiger partial charge in [0.1, 0.15) is 0 Å². The second-order valence-corrected chi connectivity index (χ2v) is 9.27. The van der Waals surface area contributed by atoms with E-state index in [-0.39, 0.29) is 11.9 Å². The fourth-order valence-corrected chi connectivity index (χ4v) is 4.70. The van der Waals surface area contributed by atoms with Crippen molar-refractivity contribution in [3.63, 3.8) is 0 Å². The van der Waals surface area contributed by atoms with Crippen LogP contribution in [0.4, 0.5) is 5.69 Å². The van der Waals surface area contributed by atoms with Gasteiger partial charge in [0, 0.05) is 56.2 Å². The highest BCUT2D eigenvalue weighted by Crippen LogP contribution is 2.23. The molecule has 1 aliphatic rings. The average molecular weight is 469 g/mol. The van der Waals surface area contributed by atoms with Crippen molar-refractivity contribution < 1.29 is 14.3 Å². The molecule has 1 aliphatic heterocycles. The normalized spacial score (nSPS) is 14.3. The van der Waals surface area contributed by atoms with Crippen LogP contribution in [0.3, 0.4) is 0 Å². The SMILES string of the molecule is CCOC(=O)c1c(C)[nH]c(CCC(=O)NCCCN2CCN(c3cc(C)ccc3C)CC2)c1C. The molecule has 2 heterocycles. The number of hydrogen-bond acceptors (Lipinski definition) is 5. The highest BCUT2D eigenvalue weighted by molar-refractivity contribution is 5.92. The predicted octanol–water partition coefficient (Wildman–Crippen LogP) is 3.69. The van der Waals surface area contributed by atoms with Gasteiger partial charge in [-0.1, -0.05) is 12.1 Å². The van der Waals surface area contributed by atoms with Crippen LogP contribution >= 0.6 is 0 Å². The summed E-state index contributed by atoms with van der Waals surface area (Å²) in [5, 5.41) is 3.04. The summed E-state index contributed by atoms with van der Waals surface area (Å²) in [5.41, 5.74) is 7.19. The number of nitrogens with zero attached hydrogens (tertiary/aromatic N) is 2. The summed E-state index contributed by atoms with van der Waals surface area (Å²) in [6.07, 6.45) is 1.93. The molecular formula is C27H40N4O3. The minimum atomic E-state index is -0.306. The molecule has 3 rings (SSSR count). The first-order valence-corrected chi connectivity index (χ1v) is 12.5. The van der Waals surface area contributed by atoms with E-state index < -0.39 is 0 Å². The number of carbonyl (C=O) groups is 2. The number of aromatic amines is 1. The Morgan fingerprint density at radius 2 is 1.82 bits per heavy atom. The van der Waals surface area contributed by atoms with Crippen LogP contribution in [0.5, 0.6) is 0 Å². The third-order valence-electron chi connectivity index (χ3n) is 6.67. The Kier molecular flexibility index (Phi) is 9.16. The maximum Gasteiger partial charge on any atom is 0.340 e. The Morgan fingerprint density at radius 3 is 2.53 bits per heavy atom. The van der Waals surface area contributed by atoms with Crippen LogP contribution in [0.25, 0.3) is 0 Å². The van der Waals surface area contributed by atoms with Crippen LogP contribution in [0.1, 0.15) is 58.2 Å². The highest BCUT2D eigenvalue weighted by atomic mass is 16.5. The minimum absolute atomic E-state index is 0.0454. The molecule has 7 nitrogen and oxygen atoms in total. The molecule has 7 heteroatoms. The van der Waals surface area contributed by atoms with E-state index in [4.69, 9.17) is 4.74 Å². The Labute approximate surface area is 203 Å². The predicted molar refractivity (Wildman–Crippen MR) is 137 cm³/mol. The first-order chi connectivity index (χ1) is 16.3. The van der Waals surface area contributed by atoms with Crippen molar-refractivity contribution in [1.29, 1.82) is 0 Å². The smallest absolute Gasteiger partial charge is 0.340 e. The molecule has 0 spiro atoms. The van der Waals surface area contributed by atoms with Gasteiger partial charge in [0.05, 0.1) is 12.2 Å². The number of amides is 1. The molecule has 0 unspecified atom stereocenters. The Balaban J connectivity index is 1.35. The third-order valence-corrected chi connectivity index (χ3v) is 6.67. The lowest BCUT2D eigenvalue weighted by Crippen LogP contribution is -2.47. The Morgan fingerprint density at radius 1 is 1.09 bits per heavy atom. The number of aromatic nitrogens is 1. The molecular weight excluding hydrogens is 428 g/mol. The second-order valence-electron chi connectivity index (χ2n) is 9.27. The van der Waals surface area contributed by atoms with E-state index in [1.54, 1.807) is 6.92 Å². The number of carbonyl (C=O) groups excluding carboxylic acids is 2. The van der Waals surface area contributed by atoms with Gasteiger partial charge in [-0.05, 0) is 76.8 Å². The molecule has 2 N–H and O–H groups in total. The van der Waals surface area contributed by atoms with Crippen molar-refractivity contribution in [2.45, 2.75) is 53.9 Å². The summed E-state index contributed by atoms with van der Waals surface area (Å²) in [5.74, 6) is -0.261. The maximum absolute atomic E-state index is 12.3.